The van der Waals surface area contributed by atoms with Crippen molar-refractivity contribution in [2.24, 2.45) is 0 Å². The minimum atomic E-state index is 0.672. The van der Waals surface area contributed by atoms with Gasteiger partial charge in [-0.25, -0.2) is 15.0 Å². The number of rotatable bonds is 6. The molecule has 46 heavy (non-hydrogen) atoms. The van der Waals surface area contributed by atoms with Crippen LogP contribution < -0.4 is 0 Å². The largest absolute Gasteiger partial charge is 0.254 e. The maximum Gasteiger partial charge on any atom is 0.160 e. The van der Waals surface area contributed by atoms with Crippen molar-refractivity contribution < 1.29 is 0 Å². The number of aromatic nitrogens is 5. The van der Waals surface area contributed by atoms with Gasteiger partial charge in [0.2, 0.25) is 0 Å². The van der Waals surface area contributed by atoms with E-state index in [4.69, 9.17) is 24.9 Å². The molecule has 4 heterocycles. The highest BCUT2D eigenvalue weighted by molar-refractivity contribution is 5.94. The SMILES string of the molecule is c1ccc(-c2cc(-c3ccc(-c4cc(-c5ccccc5)nc(-c5ccccc5)n4)cn3)nc(-c3nccc4ccccc34)c2)cc1. The second-order valence-electron chi connectivity index (χ2n) is 11.0. The smallest absolute Gasteiger partial charge is 0.160 e. The van der Waals surface area contributed by atoms with Crippen LogP contribution in [0.15, 0.2) is 164 Å². The minimum absolute atomic E-state index is 0.672. The molecule has 0 fully saturated rings. The van der Waals surface area contributed by atoms with Crippen LogP contribution in [0.4, 0.5) is 0 Å². The highest BCUT2D eigenvalue weighted by Gasteiger charge is 2.15. The summed E-state index contributed by atoms with van der Waals surface area (Å²) in [4.78, 5) is 24.7. The number of hydrogen-bond donors (Lipinski definition) is 0. The molecule has 8 rings (SSSR count). The maximum absolute atomic E-state index is 5.11. The van der Waals surface area contributed by atoms with Gasteiger partial charge >= 0.3 is 0 Å². The summed E-state index contributed by atoms with van der Waals surface area (Å²) in [5.74, 6) is 0.672. The predicted molar refractivity (Wildman–Crippen MR) is 186 cm³/mol. The van der Waals surface area contributed by atoms with E-state index in [9.17, 15) is 0 Å². The van der Waals surface area contributed by atoms with Gasteiger partial charge in [-0.1, -0.05) is 115 Å². The third kappa shape index (κ3) is 5.42. The van der Waals surface area contributed by atoms with Gasteiger partial charge < -0.3 is 0 Å². The Balaban J connectivity index is 1.23. The lowest BCUT2D eigenvalue weighted by Crippen LogP contribution is -1.97. The molecule has 4 aromatic heterocycles. The summed E-state index contributed by atoms with van der Waals surface area (Å²) >= 11 is 0. The highest BCUT2D eigenvalue weighted by Crippen LogP contribution is 2.33. The Morgan fingerprint density at radius 1 is 0.348 bits per heavy atom. The Morgan fingerprint density at radius 3 is 1.70 bits per heavy atom. The van der Waals surface area contributed by atoms with Gasteiger partial charge in [0.15, 0.2) is 5.82 Å². The van der Waals surface area contributed by atoms with E-state index in [0.717, 1.165) is 72.8 Å². The molecule has 0 bridgehead atoms. The van der Waals surface area contributed by atoms with Gasteiger partial charge in [-0.05, 0) is 52.9 Å². The van der Waals surface area contributed by atoms with Crippen LogP contribution in [0.25, 0.3) is 78.6 Å². The average molecular weight is 590 g/mol. The molecule has 5 heteroatoms. The second kappa shape index (κ2) is 12.0. The maximum atomic E-state index is 5.11. The number of hydrogen-bond acceptors (Lipinski definition) is 5. The zero-order chi connectivity index (χ0) is 30.7. The standard InChI is InChI=1S/C41H27N5/c1-4-12-28(13-5-1)33-24-38(44-39(25-33)40-34-19-11-10-14-29(34)22-23-42-40)35-21-20-32(27-43-35)37-26-36(30-15-6-2-7-16-30)45-41(46-37)31-17-8-3-9-18-31/h1-27H. The lowest BCUT2D eigenvalue weighted by atomic mass is 10.0. The molecule has 0 saturated heterocycles. The van der Waals surface area contributed by atoms with Crippen molar-refractivity contribution in [1.29, 1.82) is 0 Å². The van der Waals surface area contributed by atoms with E-state index in [1.54, 1.807) is 0 Å². The van der Waals surface area contributed by atoms with E-state index in [0.29, 0.717) is 5.82 Å². The first kappa shape index (κ1) is 27.2. The molecule has 0 unspecified atom stereocenters. The van der Waals surface area contributed by atoms with E-state index in [2.05, 4.69) is 54.6 Å². The molecule has 8 aromatic rings. The fourth-order valence-electron chi connectivity index (χ4n) is 5.67. The van der Waals surface area contributed by atoms with Crippen molar-refractivity contribution in [3.8, 4) is 67.8 Å². The van der Waals surface area contributed by atoms with E-state index in [1.807, 2.05) is 109 Å². The van der Waals surface area contributed by atoms with Crippen LogP contribution in [0, 0.1) is 0 Å². The fraction of sp³-hybridized carbons (Fsp3) is 0. The lowest BCUT2D eigenvalue weighted by molar-refractivity contribution is 1.17. The first-order valence-corrected chi connectivity index (χ1v) is 15.2. The number of fused-ring (bicyclic) bond motifs is 1. The molecule has 0 saturated carbocycles. The summed E-state index contributed by atoms with van der Waals surface area (Å²) in [5.41, 5.74) is 9.90. The molecule has 0 atom stereocenters. The fourth-order valence-corrected chi connectivity index (χ4v) is 5.67. The topological polar surface area (TPSA) is 64.5 Å². The Labute approximate surface area is 267 Å². The second-order valence-corrected chi connectivity index (χ2v) is 11.0. The van der Waals surface area contributed by atoms with Gasteiger partial charge in [-0.15, -0.1) is 0 Å². The quantitative estimate of drug-likeness (QED) is 0.193. The molecule has 0 N–H and O–H groups in total. The van der Waals surface area contributed by atoms with Crippen molar-refractivity contribution >= 4 is 10.8 Å². The monoisotopic (exact) mass is 589 g/mol. The zero-order valence-electron chi connectivity index (χ0n) is 24.8. The van der Waals surface area contributed by atoms with Crippen LogP contribution in [0.1, 0.15) is 0 Å². The molecule has 0 aliphatic carbocycles. The molecule has 216 valence electrons. The zero-order valence-corrected chi connectivity index (χ0v) is 24.8. The number of pyridine rings is 3. The molecule has 0 aliphatic heterocycles. The van der Waals surface area contributed by atoms with Gasteiger partial charge in [0.05, 0.1) is 34.2 Å². The van der Waals surface area contributed by atoms with E-state index in [1.165, 1.54) is 0 Å². The first-order chi connectivity index (χ1) is 22.8. The van der Waals surface area contributed by atoms with Gasteiger partial charge in [-0.3, -0.25) is 9.97 Å². The van der Waals surface area contributed by atoms with Crippen LogP contribution in [-0.2, 0) is 0 Å². The van der Waals surface area contributed by atoms with Crippen LogP contribution in [-0.4, -0.2) is 24.9 Å². The van der Waals surface area contributed by atoms with Crippen molar-refractivity contribution in [3.05, 3.63) is 164 Å². The molecular weight excluding hydrogens is 562 g/mol. The normalized spacial score (nSPS) is 11.0. The summed E-state index contributed by atoms with van der Waals surface area (Å²) in [7, 11) is 0. The summed E-state index contributed by atoms with van der Waals surface area (Å²) < 4.78 is 0. The van der Waals surface area contributed by atoms with Gasteiger partial charge in [0.25, 0.3) is 0 Å². The van der Waals surface area contributed by atoms with Crippen molar-refractivity contribution in [2.75, 3.05) is 0 Å². The van der Waals surface area contributed by atoms with Crippen molar-refractivity contribution in [1.82, 2.24) is 24.9 Å². The van der Waals surface area contributed by atoms with Crippen LogP contribution in [0.3, 0.4) is 0 Å². The Hall–Kier alpha value is -6.33. The van der Waals surface area contributed by atoms with Gasteiger partial charge in [0, 0.05) is 34.5 Å². The average Bonchev–Trinajstić information content (AvgIpc) is 3.15. The van der Waals surface area contributed by atoms with E-state index >= 15 is 0 Å². The molecule has 0 radical (unpaired) electrons. The molecule has 0 amide bonds. The molecule has 0 aliphatic rings. The lowest BCUT2D eigenvalue weighted by Gasteiger charge is -2.12. The third-order valence-electron chi connectivity index (χ3n) is 8.00. The molecule has 0 spiro atoms. The van der Waals surface area contributed by atoms with E-state index in [-0.39, 0.29) is 0 Å². The van der Waals surface area contributed by atoms with Gasteiger partial charge in [0.1, 0.15) is 0 Å². The van der Waals surface area contributed by atoms with Crippen LogP contribution in [0.2, 0.25) is 0 Å². The van der Waals surface area contributed by atoms with Crippen molar-refractivity contribution in [3.63, 3.8) is 0 Å². The molecule has 4 aromatic carbocycles. The van der Waals surface area contributed by atoms with Crippen LogP contribution in [0.5, 0.6) is 0 Å². The summed E-state index contributed by atoms with van der Waals surface area (Å²) in [6, 6.07) is 51.2. The Bertz CT molecular complexity index is 2220. The third-order valence-corrected chi connectivity index (χ3v) is 8.00. The molecule has 5 nitrogen and oxygen atoms in total. The summed E-state index contributed by atoms with van der Waals surface area (Å²) in [6.45, 7) is 0. The van der Waals surface area contributed by atoms with Crippen molar-refractivity contribution in [2.45, 2.75) is 0 Å². The summed E-state index contributed by atoms with van der Waals surface area (Å²) in [5, 5.41) is 2.18. The summed E-state index contributed by atoms with van der Waals surface area (Å²) in [6.07, 6.45) is 3.71. The minimum Gasteiger partial charge on any atom is -0.254 e. The van der Waals surface area contributed by atoms with Crippen LogP contribution >= 0.6 is 0 Å². The number of benzene rings is 4. The Kier molecular flexibility index (Phi) is 7.09. The highest BCUT2D eigenvalue weighted by atomic mass is 14.9. The first-order valence-electron chi connectivity index (χ1n) is 15.2. The van der Waals surface area contributed by atoms with E-state index < -0.39 is 0 Å². The number of nitrogens with zero attached hydrogens (tertiary/aromatic N) is 5. The predicted octanol–water partition coefficient (Wildman–Crippen LogP) is 9.82. The van der Waals surface area contributed by atoms with Gasteiger partial charge in [-0.2, -0.15) is 0 Å². The molecular formula is C41H27N5. The Morgan fingerprint density at radius 2 is 0.978 bits per heavy atom.